The van der Waals surface area contributed by atoms with Crippen molar-refractivity contribution >= 4 is 11.4 Å². The summed E-state index contributed by atoms with van der Waals surface area (Å²) in [7, 11) is 0. The summed E-state index contributed by atoms with van der Waals surface area (Å²) in [5.41, 5.74) is 7.99. The second-order valence-corrected chi connectivity index (χ2v) is 4.53. The molecule has 80 valence electrons. The van der Waals surface area contributed by atoms with E-state index in [-0.39, 0.29) is 0 Å². The maximum absolute atomic E-state index is 5.83. The van der Waals surface area contributed by atoms with Gasteiger partial charge in [-0.25, -0.2) is 0 Å². The van der Waals surface area contributed by atoms with E-state index in [2.05, 4.69) is 21.9 Å². The molecule has 1 aromatic carbocycles. The fourth-order valence-electron chi connectivity index (χ4n) is 2.74. The third-order valence-corrected chi connectivity index (χ3v) is 3.55. The van der Waals surface area contributed by atoms with Crippen molar-refractivity contribution in [3.8, 4) is 0 Å². The minimum Gasteiger partial charge on any atom is -0.399 e. The first-order chi connectivity index (χ1) is 7.33. The highest BCUT2D eigenvalue weighted by atomic mass is 15.3. The SMILES string of the molecule is Nc1cccc(N2CCN3CC[C@@H]2C3)c1. The van der Waals surface area contributed by atoms with Gasteiger partial charge in [0.1, 0.15) is 0 Å². The molecular formula is C12H17N3. The van der Waals surface area contributed by atoms with E-state index in [0.717, 1.165) is 12.2 Å². The van der Waals surface area contributed by atoms with Crippen LogP contribution >= 0.6 is 0 Å². The van der Waals surface area contributed by atoms with E-state index in [4.69, 9.17) is 5.73 Å². The molecule has 0 amide bonds. The van der Waals surface area contributed by atoms with Crippen LogP contribution in [0.4, 0.5) is 11.4 Å². The van der Waals surface area contributed by atoms with Gasteiger partial charge in [0.15, 0.2) is 0 Å². The smallest absolute Gasteiger partial charge is 0.0429 e. The third kappa shape index (κ3) is 1.57. The van der Waals surface area contributed by atoms with Gasteiger partial charge in [0.2, 0.25) is 0 Å². The van der Waals surface area contributed by atoms with Crippen molar-refractivity contribution in [2.45, 2.75) is 12.5 Å². The monoisotopic (exact) mass is 203 g/mol. The average molecular weight is 203 g/mol. The number of anilines is 2. The van der Waals surface area contributed by atoms with E-state index in [0.29, 0.717) is 6.04 Å². The van der Waals surface area contributed by atoms with Crippen LogP contribution in [0.1, 0.15) is 6.42 Å². The van der Waals surface area contributed by atoms with Gasteiger partial charge in [-0.3, -0.25) is 4.90 Å². The van der Waals surface area contributed by atoms with E-state index in [1.807, 2.05) is 12.1 Å². The van der Waals surface area contributed by atoms with Crippen molar-refractivity contribution in [1.29, 1.82) is 0 Å². The molecule has 15 heavy (non-hydrogen) atoms. The number of hydrogen-bond acceptors (Lipinski definition) is 3. The number of nitrogens with zero attached hydrogens (tertiary/aromatic N) is 2. The zero-order valence-corrected chi connectivity index (χ0v) is 8.89. The summed E-state index contributed by atoms with van der Waals surface area (Å²) < 4.78 is 0. The topological polar surface area (TPSA) is 32.5 Å². The van der Waals surface area contributed by atoms with Gasteiger partial charge in [-0.15, -0.1) is 0 Å². The summed E-state index contributed by atoms with van der Waals surface area (Å²) in [6.07, 6.45) is 1.30. The molecule has 3 heteroatoms. The van der Waals surface area contributed by atoms with Gasteiger partial charge in [0.25, 0.3) is 0 Å². The van der Waals surface area contributed by atoms with Gasteiger partial charge in [0, 0.05) is 43.6 Å². The minimum absolute atomic E-state index is 0.709. The molecular weight excluding hydrogens is 186 g/mol. The Hall–Kier alpha value is -1.22. The predicted molar refractivity (Wildman–Crippen MR) is 63.0 cm³/mol. The molecule has 2 heterocycles. The van der Waals surface area contributed by atoms with E-state index in [1.54, 1.807) is 0 Å². The van der Waals surface area contributed by atoms with Crippen molar-refractivity contribution in [3.05, 3.63) is 24.3 Å². The maximum Gasteiger partial charge on any atom is 0.0429 e. The quantitative estimate of drug-likeness (QED) is 0.695. The summed E-state index contributed by atoms with van der Waals surface area (Å²) in [6.45, 7) is 4.84. The Labute approximate surface area is 90.5 Å². The Kier molecular flexibility index (Phi) is 2.06. The number of piperazine rings is 1. The molecule has 3 rings (SSSR count). The maximum atomic E-state index is 5.83. The number of fused-ring (bicyclic) bond motifs is 2. The van der Waals surface area contributed by atoms with Crippen molar-refractivity contribution in [2.75, 3.05) is 36.8 Å². The summed E-state index contributed by atoms with van der Waals surface area (Å²) in [4.78, 5) is 5.06. The minimum atomic E-state index is 0.709. The standard InChI is InChI=1S/C12H17N3/c13-10-2-1-3-11(8-10)15-7-6-14-5-4-12(15)9-14/h1-3,8,12H,4-7,9,13H2/t12-/m1/s1. The van der Waals surface area contributed by atoms with Crippen LogP contribution in [0.15, 0.2) is 24.3 Å². The highest BCUT2D eigenvalue weighted by Crippen LogP contribution is 2.27. The van der Waals surface area contributed by atoms with Crippen LogP contribution in [-0.4, -0.2) is 37.1 Å². The molecule has 2 bridgehead atoms. The van der Waals surface area contributed by atoms with Crippen molar-refractivity contribution < 1.29 is 0 Å². The van der Waals surface area contributed by atoms with E-state index < -0.39 is 0 Å². The first-order valence-electron chi connectivity index (χ1n) is 5.67. The fourth-order valence-corrected chi connectivity index (χ4v) is 2.74. The van der Waals surface area contributed by atoms with Crippen LogP contribution in [-0.2, 0) is 0 Å². The zero-order chi connectivity index (χ0) is 10.3. The molecule has 0 aromatic heterocycles. The molecule has 2 aliphatic heterocycles. The Morgan fingerprint density at radius 2 is 2.13 bits per heavy atom. The molecule has 2 N–H and O–H groups in total. The predicted octanol–water partition coefficient (Wildman–Crippen LogP) is 1.16. The Morgan fingerprint density at radius 3 is 3.00 bits per heavy atom. The van der Waals surface area contributed by atoms with Crippen molar-refractivity contribution in [2.24, 2.45) is 0 Å². The molecule has 2 saturated heterocycles. The highest BCUT2D eigenvalue weighted by Gasteiger charge is 2.32. The van der Waals surface area contributed by atoms with Gasteiger partial charge in [-0.05, 0) is 24.6 Å². The number of nitrogen functional groups attached to an aromatic ring is 1. The number of benzene rings is 1. The normalized spacial score (nSPS) is 29.5. The molecule has 0 aliphatic carbocycles. The lowest BCUT2D eigenvalue weighted by molar-refractivity contribution is 0.311. The van der Waals surface area contributed by atoms with Crippen LogP contribution in [0.25, 0.3) is 0 Å². The lowest BCUT2D eigenvalue weighted by atomic mass is 10.1. The molecule has 0 saturated carbocycles. The van der Waals surface area contributed by atoms with Crippen LogP contribution in [0, 0.1) is 0 Å². The largest absolute Gasteiger partial charge is 0.399 e. The summed E-state index contributed by atoms with van der Waals surface area (Å²) >= 11 is 0. The Bertz CT molecular complexity index is 364. The first kappa shape index (κ1) is 9.04. The van der Waals surface area contributed by atoms with E-state index in [1.165, 1.54) is 31.7 Å². The van der Waals surface area contributed by atoms with Crippen LogP contribution < -0.4 is 10.6 Å². The lowest BCUT2D eigenvalue weighted by Crippen LogP contribution is -2.46. The number of nitrogens with two attached hydrogens (primary N) is 1. The van der Waals surface area contributed by atoms with Crippen LogP contribution in [0.5, 0.6) is 0 Å². The van der Waals surface area contributed by atoms with Gasteiger partial charge in [-0.2, -0.15) is 0 Å². The highest BCUT2D eigenvalue weighted by molar-refractivity contribution is 5.57. The van der Waals surface area contributed by atoms with Gasteiger partial charge >= 0.3 is 0 Å². The van der Waals surface area contributed by atoms with E-state index >= 15 is 0 Å². The Morgan fingerprint density at radius 1 is 1.20 bits per heavy atom. The second kappa shape index (κ2) is 3.42. The Balaban J connectivity index is 1.87. The van der Waals surface area contributed by atoms with Gasteiger partial charge in [0.05, 0.1) is 0 Å². The molecule has 2 aliphatic rings. The first-order valence-corrected chi connectivity index (χ1v) is 5.67. The second-order valence-electron chi connectivity index (χ2n) is 4.53. The summed E-state index contributed by atoms with van der Waals surface area (Å²) in [5.74, 6) is 0. The average Bonchev–Trinajstić information content (AvgIpc) is 2.61. The molecule has 0 spiro atoms. The van der Waals surface area contributed by atoms with E-state index in [9.17, 15) is 0 Å². The van der Waals surface area contributed by atoms with Gasteiger partial charge < -0.3 is 10.6 Å². The summed E-state index contributed by atoms with van der Waals surface area (Å²) in [6, 6.07) is 8.97. The molecule has 2 fully saturated rings. The lowest BCUT2D eigenvalue weighted by Gasteiger charge is -2.36. The van der Waals surface area contributed by atoms with Gasteiger partial charge in [-0.1, -0.05) is 6.07 Å². The molecule has 1 unspecified atom stereocenters. The molecule has 1 aromatic rings. The summed E-state index contributed by atoms with van der Waals surface area (Å²) in [5, 5.41) is 0. The fraction of sp³-hybridized carbons (Fsp3) is 0.500. The molecule has 3 nitrogen and oxygen atoms in total. The third-order valence-electron chi connectivity index (χ3n) is 3.55. The number of rotatable bonds is 1. The van der Waals surface area contributed by atoms with Crippen LogP contribution in [0.3, 0.4) is 0 Å². The molecule has 0 radical (unpaired) electrons. The van der Waals surface area contributed by atoms with Crippen LogP contribution in [0.2, 0.25) is 0 Å². The van der Waals surface area contributed by atoms with Crippen molar-refractivity contribution in [1.82, 2.24) is 4.90 Å². The number of hydrogen-bond donors (Lipinski definition) is 1. The molecule has 2 atom stereocenters. The zero-order valence-electron chi connectivity index (χ0n) is 8.89. The van der Waals surface area contributed by atoms with Crippen molar-refractivity contribution in [3.63, 3.8) is 0 Å².